The highest BCUT2D eigenvalue weighted by Crippen LogP contribution is 2.12. The van der Waals surface area contributed by atoms with E-state index in [1.165, 1.54) is 0 Å². The Bertz CT molecular complexity index is 216. The molecule has 0 atom stereocenters. The second kappa shape index (κ2) is 3.58. The monoisotopic (exact) mass is 167 g/mol. The summed E-state index contributed by atoms with van der Waals surface area (Å²) in [6, 6.07) is 1.85. The molecule has 4 nitrogen and oxygen atoms in total. The van der Waals surface area contributed by atoms with Crippen LogP contribution in [0.1, 0.15) is 12.8 Å². The van der Waals surface area contributed by atoms with Crippen molar-refractivity contribution in [2.45, 2.75) is 18.9 Å². The molecule has 1 fully saturated rings. The van der Waals surface area contributed by atoms with Crippen molar-refractivity contribution in [2.24, 2.45) is 0 Å². The molecule has 4 heteroatoms. The first-order chi connectivity index (χ1) is 5.95. The van der Waals surface area contributed by atoms with Crippen LogP contribution in [0.2, 0.25) is 0 Å². The van der Waals surface area contributed by atoms with E-state index in [1.54, 1.807) is 6.20 Å². The van der Waals surface area contributed by atoms with E-state index in [9.17, 15) is 0 Å². The quantitative estimate of drug-likeness (QED) is 0.676. The van der Waals surface area contributed by atoms with E-state index in [0.29, 0.717) is 6.10 Å². The first-order valence-corrected chi connectivity index (χ1v) is 4.32. The number of hydrogen-bond donors (Lipinski definition) is 2. The summed E-state index contributed by atoms with van der Waals surface area (Å²) in [7, 11) is 0. The third kappa shape index (κ3) is 1.76. The summed E-state index contributed by atoms with van der Waals surface area (Å²) in [6.07, 6.45) is 4.22. The SMILES string of the molecule is c1cc(OC2CCNCC2)[nH]n1. The van der Waals surface area contributed by atoms with Crippen LogP contribution in [0.5, 0.6) is 5.88 Å². The van der Waals surface area contributed by atoms with E-state index in [2.05, 4.69) is 15.5 Å². The Morgan fingerprint density at radius 1 is 1.42 bits per heavy atom. The molecule has 0 spiro atoms. The highest BCUT2D eigenvalue weighted by atomic mass is 16.5. The first kappa shape index (κ1) is 7.61. The summed E-state index contributed by atoms with van der Waals surface area (Å²) < 4.78 is 5.64. The summed E-state index contributed by atoms with van der Waals surface area (Å²) in [4.78, 5) is 0. The number of aromatic nitrogens is 2. The molecule has 0 saturated carbocycles. The van der Waals surface area contributed by atoms with Crippen molar-refractivity contribution in [1.82, 2.24) is 15.5 Å². The number of nitrogens with one attached hydrogen (secondary N) is 2. The number of H-pyrrole nitrogens is 1. The molecule has 0 radical (unpaired) electrons. The molecular weight excluding hydrogens is 154 g/mol. The Kier molecular flexibility index (Phi) is 2.27. The summed E-state index contributed by atoms with van der Waals surface area (Å²) in [6.45, 7) is 2.11. The predicted octanol–water partition coefficient (Wildman–Crippen LogP) is 0.540. The van der Waals surface area contributed by atoms with Crippen LogP contribution in [0.15, 0.2) is 12.3 Å². The highest BCUT2D eigenvalue weighted by molar-refractivity contribution is 5.04. The van der Waals surface area contributed by atoms with Crippen LogP contribution < -0.4 is 10.1 Å². The van der Waals surface area contributed by atoms with Gasteiger partial charge in [0.15, 0.2) is 0 Å². The number of rotatable bonds is 2. The van der Waals surface area contributed by atoms with E-state index in [0.717, 1.165) is 31.8 Å². The van der Waals surface area contributed by atoms with Gasteiger partial charge < -0.3 is 10.1 Å². The number of aromatic amines is 1. The molecule has 1 aliphatic heterocycles. The molecule has 2 N–H and O–H groups in total. The van der Waals surface area contributed by atoms with Gasteiger partial charge in [0.05, 0.1) is 6.20 Å². The minimum atomic E-state index is 0.353. The Morgan fingerprint density at radius 2 is 2.25 bits per heavy atom. The summed E-state index contributed by atoms with van der Waals surface area (Å²) in [5, 5.41) is 9.90. The predicted molar refractivity (Wildman–Crippen MR) is 45.1 cm³/mol. The van der Waals surface area contributed by atoms with Crippen LogP contribution in [-0.4, -0.2) is 29.4 Å². The first-order valence-electron chi connectivity index (χ1n) is 4.32. The Hall–Kier alpha value is -1.03. The zero-order valence-corrected chi connectivity index (χ0v) is 6.92. The molecule has 1 aliphatic rings. The van der Waals surface area contributed by atoms with Crippen LogP contribution in [0.3, 0.4) is 0 Å². The van der Waals surface area contributed by atoms with Gasteiger partial charge in [-0.25, -0.2) is 5.10 Å². The minimum Gasteiger partial charge on any atom is -0.475 e. The number of ether oxygens (including phenoxy) is 1. The molecule has 0 aliphatic carbocycles. The van der Waals surface area contributed by atoms with Gasteiger partial charge in [0.25, 0.3) is 0 Å². The third-order valence-electron chi connectivity index (χ3n) is 2.06. The molecule has 1 aromatic heterocycles. The van der Waals surface area contributed by atoms with Crippen molar-refractivity contribution in [2.75, 3.05) is 13.1 Å². The van der Waals surface area contributed by atoms with Crippen molar-refractivity contribution in [1.29, 1.82) is 0 Å². The Morgan fingerprint density at radius 3 is 2.92 bits per heavy atom. The Labute approximate surface area is 71.3 Å². The number of piperidine rings is 1. The molecule has 0 bridgehead atoms. The van der Waals surface area contributed by atoms with Crippen LogP contribution in [0, 0.1) is 0 Å². The molecule has 0 amide bonds. The van der Waals surface area contributed by atoms with Gasteiger partial charge in [0, 0.05) is 6.07 Å². The van der Waals surface area contributed by atoms with E-state index in [-0.39, 0.29) is 0 Å². The fourth-order valence-corrected chi connectivity index (χ4v) is 1.40. The van der Waals surface area contributed by atoms with E-state index >= 15 is 0 Å². The fourth-order valence-electron chi connectivity index (χ4n) is 1.40. The lowest BCUT2D eigenvalue weighted by atomic mass is 10.1. The summed E-state index contributed by atoms with van der Waals surface area (Å²) in [5.41, 5.74) is 0. The largest absolute Gasteiger partial charge is 0.475 e. The molecule has 1 aromatic rings. The van der Waals surface area contributed by atoms with Gasteiger partial charge in [-0.15, -0.1) is 0 Å². The molecule has 66 valence electrons. The van der Waals surface area contributed by atoms with E-state index < -0.39 is 0 Å². The fraction of sp³-hybridized carbons (Fsp3) is 0.625. The second-order valence-corrected chi connectivity index (χ2v) is 2.99. The maximum atomic E-state index is 5.64. The van der Waals surface area contributed by atoms with Crippen molar-refractivity contribution >= 4 is 0 Å². The van der Waals surface area contributed by atoms with Crippen LogP contribution in [-0.2, 0) is 0 Å². The summed E-state index contributed by atoms with van der Waals surface area (Å²) in [5.74, 6) is 0.780. The van der Waals surface area contributed by atoms with Gasteiger partial charge in [-0.05, 0) is 25.9 Å². The van der Waals surface area contributed by atoms with Gasteiger partial charge in [0.2, 0.25) is 5.88 Å². The standard InChI is InChI=1S/C8H13N3O/c1-4-9-5-2-7(1)12-8-3-6-10-11-8/h3,6-7,9H,1-2,4-5H2,(H,10,11). The van der Waals surface area contributed by atoms with Crippen molar-refractivity contribution in [3.8, 4) is 5.88 Å². The van der Waals surface area contributed by atoms with Crippen molar-refractivity contribution in [3.63, 3.8) is 0 Å². The lowest BCUT2D eigenvalue weighted by Gasteiger charge is -2.22. The Balaban J connectivity index is 1.86. The van der Waals surface area contributed by atoms with E-state index in [1.807, 2.05) is 6.07 Å². The van der Waals surface area contributed by atoms with Gasteiger partial charge >= 0.3 is 0 Å². The zero-order valence-electron chi connectivity index (χ0n) is 6.92. The molecule has 0 unspecified atom stereocenters. The second-order valence-electron chi connectivity index (χ2n) is 2.99. The molecule has 2 rings (SSSR count). The lowest BCUT2D eigenvalue weighted by Crippen LogP contribution is -2.34. The minimum absolute atomic E-state index is 0.353. The van der Waals surface area contributed by atoms with E-state index in [4.69, 9.17) is 4.74 Å². The van der Waals surface area contributed by atoms with Gasteiger partial charge in [-0.2, -0.15) is 5.10 Å². The molecule has 12 heavy (non-hydrogen) atoms. The third-order valence-corrected chi connectivity index (χ3v) is 2.06. The maximum Gasteiger partial charge on any atom is 0.209 e. The average Bonchev–Trinajstić information content (AvgIpc) is 2.59. The topological polar surface area (TPSA) is 49.9 Å². The van der Waals surface area contributed by atoms with Gasteiger partial charge in [-0.3, -0.25) is 0 Å². The number of hydrogen-bond acceptors (Lipinski definition) is 3. The number of nitrogens with zero attached hydrogens (tertiary/aromatic N) is 1. The van der Waals surface area contributed by atoms with Crippen LogP contribution >= 0.6 is 0 Å². The lowest BCUT2D eigenvalue weighted by molar-refractivity contribution is 0.156. The highest BCUT2D eigenvalue weighted by Gasteiger charge is 2.14. The molecule has 1 saturated heterocycles. The van der Waals surface area contributed by atoms with Gasteiger partial charge in [0.1, 0.15) is 6.10 Å². The van der Waals surface area contributed by atoms with Crippen molar-refractivity contribution < 1.29 is 4.74 Å². The average molecular weight is 167 g/mol. The normalized spacial score (nSPS) is 19.3. The van der Waals surface area contributed by atoms with Gasteiger partial charge in [-0.1, -0.05) is 0 Å². The molecule has 2 heterocycles. The summed E-state index contributed by atoms with van der Waals surface area (Å²) >= 11 is 0. The van der Waals surface area contributed by atoms with Crippen LogP contribution in [0.25, 0.3) is 0 Å². The maximum absolute atomic E-state index is 5.64. The molecule has 0 aromatic carbocycles. The van der Waals surface area contributed by atoms with Crippen molar-refractivity contribution in [3.05, 3.63) is 12.3 Å². The van der Waals surface area contributed by atoms with Crippen LogP contribution in [0.4, 0.5) is 0 Å². The smallest absolute Gasteiger partial charge is 0.209 e. The molecular formula is C8H13N3O. The zero-order chi connectivity index (χ0) is 8.23.